The van der Waals surface area contributed by atoms with Crippen LogP contribution in [0.25, 0.3) is 16.6 Å². The first-order valence-corrected chi connectivity index (χ1v) is 8.56. The topological polar surface area (TPSA) is 90.2 Å². The van der Waals surface area contributed by atoms with E-state index in [0.29, 0.717) is 34.5 Å². The van der Waals surface area contributed by atoms with Crippen molar-refractivity contribution in [2.24, 2.45) is 5.73 Å². The number of ketones is 1. The van der Waals surface area contributed by atoms with Gasteiger partial charge in [0.15, 0.2) is 17.3 Å². The average molecular weight is 385 g/mol. The Labute approximate surface area is 159 Å². The molecule has 3 N–H and O–H groups in total. The molecule has 0 radical (unpaired) electrons. The number of rotatable bonds is 4. The highest BCUT2D eigenvalue weighted by molar-refractivity contribution is 6.20. The molecule has 0 spiro atoms. The van der Waals surface area contributed by atoms with Gasteiger partial charge in [-0.2, -0.15) is 0 Å². The lowest BCUT2D eigenvalue weighted by molar-refractivity contribution is -0.286. The lowest BCUT2D eigenvalue weighted by Gasteiger charge is -2.08. The second kappa shape index (κ2) is 6.33. The number of hydrogen-bond acceptors (Lipinski definition) is 5. The molecule has 0 saturated carbocycles. The average Bonchev–Trinajstić information content (AvgIpc) is 3.14. The summed E-state index contributed by atoms with van der Waals surface area (Å²) < 4.78 is 36.0. The van der Waals surface area contributed by atoms with Crippen molar-refractivity contribution < 1.29 is 23.0 Å². The molecule has 3 aromatic rings. The van der Waals surface area contributed by atoms with Crippen LogP contribution in [-0.2, 0) is 11.2 Å². The van der Waals surface area contributed by atoms with Crippen molar-refractivity contribution in [3.8, 4) is 11.5 Å². The molecular formula is C20H17F2N3O3. The Kier molecular flexibility index (Phi) is 4.06. The molecule has 0 unspecified atom stereocenters. The zero-order chi connectivity index (χ0) is 20.1. The minimum Gasteiger partial charge on any atom is -0.402 e. The summed E-state index contributed by atoms with van der Waals surface area (Å²) in [7, 11) is 0. The minimum absolute atomic E-state index is 0.00158. The molecule has 8 heteroatoms. The zero-order valence-corrected chi connectivity index (χ0v) is 15.2. The number of nitrogens with one attached hydrogen (secondary N) is 1. The third kappa shape index (κ3) is 3.06. The number of allylic oxidation sites excluding steroid dienone is 2. The van der Waals surface area contributed by atoms with E-state index in [1.807, 2.05) is 6.07 Å². The number of para-hydroxylation sites is 1. The number of alkyl halides is 2. The Hall–Kier alpha value is -3.42. The molecule has 0 aliphatic carbocycles. The molecule has 144 valence electrons. The summed E-state index contributed by atoms with van der Waals surface area (Å²) in [5.74, 6) is -0.137. The van der Waals surface area contributed by atoms with Crippen molar-refractivity contribution in [1.82, 2.24) is 9.97 Å². The Morgan fingerprint density at radius 1 is 1.25 bits per heavy atom. The van der Waals surface area contributed by atoms with Gasteiger partial charge in [0.05, 0.1) is 0 Å². The van der Waals surface area contributed by atoms with Gasteiger partial charge in [-0.1, -0.05) is 12.1 Å². The van der Waals surface area contributed by atoms with Crippen LogP contribution in [0, 0.1) is 0 Å². The van der Waals surface area contributed by atoms with Crippen molar-refractivity contribution >= 4 is 22.4 Å². The number of Topliss-reactive ketones (excluding diaryl/α,β-unsaturated/α-hetero) is 1. The van der Waals surface area contributed by atoms with Gasteiger partial charge < -0.3 is 20.2 Å². The first-order valence-electron chi connectivity index (χ1n) is 8.56. The van der Waals surface area contributed by atoms with E-state index >= 15 is 0 Å². The van der Waals surface area contributed by atoms with E-state index in [2.05, 4.69) is 19.4 Å². The maximum Gasteiger partial charge on any atom is 0.586 e. The van der Waals surface area contributed by atoms with Gasteiger partial charge in [0.2, 0.25) is 0 Å². The van der Waals surface area contributed by atoms with Crippen molar-refractivity contribution in [3.63, 3.8) is 0 Å². The summed E-state index contributed by atoms with van der Waals surface area (Å²) in [6.45, 7) is 3.10. The molecule has 1 aliphatic rings. The van der Waals surface area contributed by atoms with Crippen LogP contribution >= 0.6 is 0 Å². The van der Waals surface area contributed by atoms with Gasteiger partial charge in [0, 0.05) is 46.6 Å². The Bertz CT molecular complexity index is 1130. The van der Waals surface area contributed by atoms with Crippen LogP contribution in [0.1, 0.15) is 30.5 Å². The fourth-order valence-corrected chi connectivity index (χ4v) is 3.42. The van der Waals surface area contributed by atoms with Gasteiger partial charge in [-0.05, 0) is 31.5 Å². The van der Waals surface area contributed by atoms with E-state index in [4.69, 9.17) is 5.73 Å². The highest BCUT2D eigenvalue weighted by atomic mass is 19.3. The quantitative estimate of drug-likeness (QED) is 0.668. The Morgan fingerprint density at radius 2 is 2.04 bits per heavy atom. The first-order chi connectivity index (χ1) is 13.2. The van der Waals surface area contributed by atoms with E-state index in [-0.39, 0.29) is 17.3 Å². The largest absolute Gasteiger partial charge is 0.586 e. The maximum atomic E-state index is 13.4. The molecule has 6 nitrogen and oxygen atoms in total. The van der Waals surface area contributed by atoms with E-state index < -0.39 is 6.29 Å². The number of H-pyrrole nitrogens is 1. The monoisotopic (exact) mass is 385 g/mol. The predicted octanol–water partition coefficient (Wildman–Crippen LogP) is 3.75. The number of halogens is 2. The predicted molar refractivity (Wildman–Crippen MR) is 99.0 cm³/mol. The number of hydrogen-bond donors (Lipinski definition) is 2. The number of carbonyl (C=O) groups is 1. The van der Waals surface area contributed by atoms with E-state index in [9.17, 15) is 13.6 Å². The third-order valence-corrected chi connectivity index (χ3v) is 4.54. The Balaban J connectivity index is 1.76. The summed E-state index contributed by atoms with van der Waals surface area (Å²) in [5, 5.41) is 0.765. The smallest absolute Gasteiger partial charge is 0.402 e. The molecular weight excluding hydrogens is 368 g/mol. The minimum atomic E-state index is -3.67. The normalized spacial score (nSPS) is 15.6. The highest BCUT2D eigenvalue weighted by Crippen LogP contribution is 2.44. The Morgan fingerprint density at radius 3 is 2.75 bits per heavy atom. The van der Waals surface area contributed by atoms with Crippen LogP contribution in [0.4, 0.5) is 8.78 Å². The molecule has 0 bridgehead atoms. The number of nitrogens with zero attached hydrogens (tertiary/aromatic N) is 1. The number of fused-ring (bicyclic) bond motifs is 2. The number of benzene rings is 1. The summed E-state index contributed by atoms with van der Waals surface area (Å²) in [4.78, 5) is 19.4. The number of ether oxygens (including phenoxy) is 2. The first kappa shape index (κ1) is 18.0. The summed E-state index contributed by atoms with van der Waals surface area (Å²) in [6, 6.07) is 6.58. The number of pyridine rings is 1. The number of aromatic amines is 1. The van der Waals surface area contributed by atoms with Crippen LogP contribution in [0.15, 0.2) is 42.4 Å². The molecule has 0 fully saturated rings. The molecule has 28 heavy (non-hydrogen) atoms. The standard InChI is InChI=1S/C20H17F2N3O3/c1-10(23)17(11(2)26)14-7-15-13(8-24-19(15)25-9-14)6-12-4-3-5-16-18(12)28-20(21,22)27-16/h3-5,7-9H,6,23H2,1-2H3,(H,24,25). The number of aromatic nitrogens is 2. The molecule has 0 amide bonds. The van der Waals surface area contributed by atoms with Crippen LogP contribution in [-0.4, -0.2) is 22.0 Å². The van der Waals surface area contributed by atoms with Gasteiger partial charge >= 0.3 is 6.29 Å². The van der Waals surface area contributed by atoms with Crippen molar-refractivity contribution in [3.05, 3.63) is 59.0 Å². The van der Waals surface area contributed by atoms with Crippen molar-refractivity contribution in [2.45, 2.75) is 26.6 Å². The van der Waals surface area contributed by atoms with Crippen molar-refractivity contribution in [1.29, 1.82) is 0 Å². The second-order valence-corrected chi connectivity index (χ2v) is 6.64. The molecule has 2 aromatic heterocycles. The SMILES string of the molecule is CC(=O)C(=C(C)N)c1cnc2[nH]cc(Cc3cccc4c3OC(F)(F)O4)c2c1. The molecule has 3 heterocycles. The van der Waals surface area contributed by atoms with E-state index in [1.54, 1.807) is 31.5 Å². The highest BCUT2D eigenvalue weighted by Gasteiger charge is 2.44. The lowest BCUT2D eigenvalue weighted by Crippen LogP contribution is -2.26. The van der Waals surface area contributed by atoms with Crippen LogP contribution in [0.5, 0.6) is 11.5 Å². The van der Waals surface area contributed by atoms with Gasteiger partial charge in [0.25, 0.3) is 0 Å². The van der Waals surface area contributed by atoms with Crippen LogP contribution < -0.4 is 15.2 Å². The molecule has 4 rings (SSSR count). The number of nitrogens with two attached hydrogens (primary N) is 1. The zero-order valence-electron chi connectivity index (χ0n) is 15.2. The van der Waals surface area contributed by atoms with Crippen molar-refractivity contribution in [2.75, 3.05) is 0 Å². The summed E-state index contributed by atoms with van der Waals surface area (Å²) in [6.07, 6.45) is -0.0314. The van der Waals surface area contributed by atoms with E-state index in [1.165, 1.54) is 13.0 Å². The third-order valence-electron chi connectivity index (χ3n) is 4.54. The fourth-order valence-electron chi connectivity index (χ4n) is 3.42. The van der Waals surface area contributed by atoms with E-state index in [0.717, 1.165) is 10.9 Å². The molecule has 1 aromatic carbocycles. The number of carbonyl (C=O) groups excluding carboxylic acids is 1. The molecule has 0 saturated heterocycles. The van der Waals surface area contributed by atoms with Gasteiger partial charge in [-0.3, -0.25) is 4.79 Å². The van der Waals surface area contributed by atoms with Gasteiger partial charge in [0.1, 0.15) is 5.65 Å². The van der Waals surface area contributed by atoms with Gasteiger partial charge in [-0.15, -0.1) is 8.78 Å². The summed E-state index contributed by atoms with van der Waals surface area (Å²) >= 11 is 0. The lowest BCUT2D eigenvalue weighted by atomic mass is 9.99. The molecule has 0 atom stereocenters. The summed E-state index contributed by atoms with van der Waals surface area (Å²) in [5.41, 5.74) is 9.25. The van der Waals surface area contributed by atoms with Gasteiger partial charge in [-0.25, -0.2) is 4.98 Å². The maximum absolute atomic E-state index is 13.4. The van der Waals surface area contributed by atoms with Crippen LogP contribution in [0.3, 0.4) is 0 Å². The molecule has 1 aliphatic heterocycles. The van der Waals surface area contributed by atoms with Crippen LogP contribution in [0.2, 0.25) is 0 Å². The fraction of sp³-hybridized carbons (Fsp3) is 0.200. The second-order valence-electron chi connectivity index (χ2n) is 6.64.